The van der Waals surface area contributed by atoms with E-state index < -0.39 is 11.4 Å². The van der Waals surface area contributed by atoms with E-state index in [9.17, 15) is 14.7 Å². The molecule has 0 saturated heterocycles. The molecule has 5 saturated carbocycles. The summed E-state index contributed by atoms with van der Waals surface area (Å²) in [5, 5.41) is 9.54. The summed E-state index contributed by atoms with van der Waals surface area (Å²) in [7, 11) is 4.44. The zero-order valence-electron chi connectivity index (χ0n) is 28.6. The van der Waals surface area contributed by atoms with Gasteiger partial charge in [-0.05, 0) is 157 Å². The first-order valence-electron chi connectivity index (χ1n) is 17.5. The van der Waals surface area contributed by atoms with Crippen molar-refractivity contribution in [2.75, 3.05) is 20.6 Å². The predicted octanol–water partition coefficient (Wildman–Crippen LogP) is 8.60. The van der Waals surface area contributed by atoms with Gasteiger partial charge in [-0.3, -0.25) is 9.59 Å². The van der Waals surface area contributed by atoms with E-state index in [1.165, 1.54) is 77.2 Å². The van der Waals surface area contributed by atoms with Crippen LogP contribution in [-0.2, 0) is 14.3 Å². The number of carboxylic acid groups (broad SMARTS) is 1. The van der Waals surface area contributed by atoms with E-state index in [0.717, 1.165) is 30.6 Å². The number of nitrogens with zero attached hydrogens (tertiary/aromatic N) is 1. The van der Waals surface area contributed by atoms with Gasteiger partial charge in [-0.2, -0.15) is 0 Å². The lowest BCUT2D eigenvalue weighted by Gasteiger charge is -2.72. The smallest absolute Gasteiger partial charge is 0.309 e. The summed E-state index contributed by atoms with van der Waals surface area (Å²) in [4.78, 5) is 27.0. The molecule has 5 aliphatic rings. The van der Waals surface area contributed by atoms with Gasteiger partial charge in [0.2, 0.25) is 0 Å². The van der Waals surface area contributed by atoms with Crippen molar-refractivity contribution in [2.45, 2.75) is 144 Å². The van der Waals surface area contributed by atoms with Crippen molar-refractivity contribution in [1.29, 1.82) is 0 Å². The number of hydrogen-bond acceptors (Lipinski definition) is 4. The van der Waals surface area contributed by atoms with Crippen molar-refractivity contribution in [1.82, 2.24) is 4.90 Å². The molecule has 0 amide bonds. The first-order chi connectivity index (χ1) is 19.4. The maximum atomic E-state index is 13.0. The van der Waals surface area contributed by atoms with E-state index in [0.29, 0.717) is 22.2 Å². The third-order valence-corrected chi connectivity index (χ3v) is 15.2. The van der Waals surface area contributed by atoms with Crippen molar-refractivity contribution in [3.05, 3.63) is 0 Å². The van der Waals surface area contributed by atoms with Gasteiger partial charge in [0.1, 0.15) is 6.10 Å². The molecule has 0 aromatic rings. The first-order valence-corrected chi connectivity index (χ1v) is 17.5. The maximum absolute atomic E-state index is 13.0. The Balaban J connectivity index is 1.35. The van der Waals surface area contributed by atoms with E-state index in [1.54, 1.807) is 13.8 Å². The van der Waals surface area contributed by atoms with Crippen molar-refractivity contribution in [3.63, 3.8) is 0 Å². The van der Waals surface area contributed by atoms with E-state index in [4.69, 9.17) is 4.74 Å². The van der Waals surface area contributed by atoms with Gasteiger partial charge in [0.15, 0.2) is 0 Å². The van der Waals surface area contributed by atoms with Gasteiger partial charge in [0.05, 0.1) is 11.8 Å². The highest BCUT2D eigenvalue weighted by molar-refractivity contribution is 5.81. The van der Waals surface area contributed by atoms with Crippen LogP contribution in [0.15, 0.2) is 0 Å². The zero-order chi connectivity index (χ0) is 30.9. The van der Waals surface area contributed by atoms with Crippen LogP contribution in [0.3, 0.4) is 0 Å². The van der Waals surface area contributed by atoms with Crippen LogP contribution in [0.1, 0.15) is 138 Å². The number of ether oxygens (including phenoxy) is 1. The number of hydrogen-bond donors (Lipinski definition) is 1. The van der Waals surface area contributed by atoms with Gasteiger partial charge < -0.3 is 14.7 Å². The lowest BCUT2D eigenvalue weighted by atomic mass is 9.32. The second kappa shape index (κ2) is 10.8. The minimum atomic E-state index is -1.10. The number of carbonyl (C=O) groups is 2. The summed E-state index contributed by atoms with van der Waals surface area (Å²) in [6.45, 7) is 17.2. The van der Waals surface area contributed by atoms with Crippen LogP contribution in [0.2, 0.25) is 0 Å². The number of rotatable bonds is 8. The summed E-state index contributed by atoms with van der Waals surface area (Å²) in [6.07, 6.45) is 17.1. The van der Waals surface area contributed by atoms with Gasteiger partial charge >= 0.3 is 11.9 Å². The van der Waals surface area contributed by atoms with Crippen LogP contribution in [0.4, 0.5) is 0 Å². The molecule has 5 heteroatoms. The average molecular weight is 586 g/mol. The third kappa shape index (κ3) is 4.89. The van der Waals surface area contributed by atoms with Crippen LogP contribution in [0.5, 0.6) is 0 Å². The molecule has 0 heterocycles. The quantitative estimate of drug-likeness (QED) is 0.289. The molecular weight excluding hydrogens is 522 g/mol. The Kier molecular flexibility index (Phi) is 8.28. The number of fused-ring (bicyclic) bond motifs is 7. The van der Waals surface area contributed by atoms with Crippen molar-refractivity contribution in [2.24, 2.45) is 56.2 Å². The summed E-state index contributed by atoms with van der Waals surface area (Å²) in [6, 6.07) is 0. The molecular formula is C37H63NO4. The first kappa shape index (κ1) is 32.3. The molecule has 0 spiro atoms. The van der Waals surface area contributed by atoms with Gasteiger partial charge in [-0.15, -0.1) is 0 Å². The summed E-state index contributed by atoms with van der Waals surface area (Å²) >= 11 is 0. The van der Waals surface area contributed by atoms with Crippen molar-refractivity contribution >= 4 is 11.9 Å². The number of esters is 1. The Morgan fingerprint density at radius 1 is 0.833 bits per heavy atom. The molecule has 42 heavy (non-hydrogen) atoms. The maximum Gasteiger partial charge on any atom is 0.309 e. The minimum absolute atomic E-state index is 0.0743. The Bertz CT molecular complexity index is 1050. The van der Waals surface area contributed by atoms with Gasteiger partial charge in [-0.1, -0.05) is 41.0 Å². The van der Waals surface area contributed by atoms with Gasteiger partial charge in [0, 0.05) is 5.41 Å². The zero-order valence-corrected chi connectivity index (χ0v) is 28.6. The van der Waals surface area contributed by atoms with Crippen molar-refractivity contribution < 1.29 is 19.4 Å². The molecule has 5 nitrogen and oxygen atoms in total. The van der Waals surface area contributed by atoms with E-state index in [2.05, 4.69) is 53.6 Å². The highest BCUT2D eigenvalue weighted by atomic mass is 16.5. The van der Waals surface area contributed by atoms with Crippen LogP contribution in [0, 0.1) is 56.2 Å². The summed E-state index contributed by atoms with van der Waals surface area (Å²) < 4.78 is 6.15. The average Bonchev–Trinajstić information content (AvgIpc) is 3.30. The molecule has 1 N–H and O–H groups in total. The Hall–Kier alpha value is -1.10. The largest absolute Gasteiger partial charge is 0.481 e. The molecule has 0 aliphatic heterocycles. The van der Waals surface area contributed by atoms with Crippen LogP contribution in [0.25, 0.3) is 0 Å². The van der Waals surface area contributed by atoms with Crippen molar-refractivity contribution in [3.8, 4) is 0 Å². The second-order valence-corrected chi connectivity index (χ2v) is 18.1. The van der Waals surface area contributed by atoms with E-state index in [1.807, 2.05) is 0 Å². The van der Waals surface area contributed by atoms with Crippen LogP contribution in [-0.4, -0.2) is 48.7 Å². The van der Waals surface area contributed by atoms with Gasteiger partial charge in [0.25, 0.3) is 0 Å². The third-order valence-electron chi connectivity index (χ3n) is 15.2. The standard InChI is InChI=1S/C37H63NO4/c1-32(2,31(40)41)24-30(39)42-29-16-19-34(5)27(33(29,3)4)15-20-36(7)28(34)14-13-25-26-12-10-17-37(26,18-11-23-38(8)9)22-21-35(25,36)6/h25-29H,10-24H2,1-9H3,(H,40,41)/t25-,26-,27?,28?,29+,34+,35-,36-,37+/m1/s1. The number of aliphatic carboxylic acids is 1. The predicted molar refractivity (Wildman–Crippen MR) is 169 cm³/mol. The molecule has 0 aromatic heterocycles. The Morgan fingerprint density at radius 3 is 2.21 bits per heavy atom. The number of carbonyl (C=O) groups excluding carboxylic acids is 1. The molecule has 240 valence electrons. The summed E-state index contributed by atoms with van der Waals surface area (Å²) in [5.41, 5.74) is 0.418. The number of carboxylic acids is 1. The fourth-order valence-electron chi connectivity index (χ4n) is 12.7. The Labute approximate surface area is 257 Å². The van der Waals surface area contributed by atoms with Crippen LogP contribution < -0.4 is 0 Å². The molecule has 5 fully saturated rings. The van der Waals surface area contributed by atoms with E-state index in [-0.39, 0.29) is 29.3 Å². The normalized spacial score (nSPS) is 44.5. The Morgan fingerprint density at radius 2 is 1.55 bits per heavy atom. The molecule has 0 bridgehead atoms. The lowest BCUT2D eigenvalue weighted by molar-refractivity contribution is -0.249. The fourth-order valence-corrected chi connectivity index (χ4v) is 12.7. The molecule has 5 rings (SSSR count). The van der Waals surface area contributed by atoms with Gasteiger partial charge in [-0.25, -0.2) is 0 Å². The molecule has 0 aromatic carbocycles. The fraction of sp³-hybridized carbons (Fsp3) is 0.946. The van der Waals surface area contributed by atoms with E-state index >= 15 is 0 Å². The monoisotopic (exact) mass is 585 g/mol. The molecule has 9 atom stereocenters. The highest BCUT2D eigenvalue weighted by Crippen LogP contribution is 2.77. The highest BCUT2D eigenvalue weighted by Gasteiger charge is 2.70. The van der Waals surface area contributed by atoms with Crippen LogP contribution >= 0.6 is 0 Å². The summed E-state index contributed by atoms with van der Waals surface area (Å²) in [5.74, 6) is 1.72. The molecule has 0 radical (unpaired) electrons. The minimum Gasteiger partial charge on any atom is -0.481 e. The lowest BCUT2D eigenvalue weighted by Crippen LogP contribution is -2.66. The molecule has 2 unspecified atom stereocenters. The SMILES string of the molecule is CN(C)CCC[C@]12CCC[C@@H]1[C@H]1CCC3[C@@]4(C)CC[C@H](OC(=O)CC(C)(C)C(=O)O)C(C)(C)C4CC[C@@]3(C)[C@]1(C)CC2. The second-order valence-electron chi connectivity index (χ2n) is 18.1. The topological polar surface area (TPSA) is 66.8 Å². The molecule has 5 aliphatic carbocycles.